The Bertz CT molecular complexity index is 1180. The molecule has 0 fully saturated rings. The molecule has 2 aromatic carbocycles. The fourth-order valence-corrected chi connectivity index (χ4v) is 3.69. The molecular formula is C17H12ClF3N4O3S. The highest BCUT2D eigenvalue weighted by Gasteiger charge is 2.31. The summed E-state index contributed by atoms with van der Waals surface area (Å²) in [5.74, 6) is -1.04. The standard InChI is InChI=1S/C17H12ClF3N4O3S/c1-10-15(16(26)23-29(27,28)12-5-3-2-4-6-12)22-24-25(10)14-8-7-11(9-13(14)18)17(19,20)21/h2-9H,1H3,(H,23,26). The smallest absolute Gasteiger partial charge is 0.266 e. The minimum absolute atomic E-state index is 0.0506. The van der Waals surface area contributed by atoms with E-state index in [1.165, 1.54) is 31.2 Å². The SMILES string of the molecule is Cc1c(C(=O)NS(=O)(=O)c2ccccc2)nnn1-c1ccc(C(F)(F)F)cc1Cl. The van der Waals surface area contributed by atoms with E-state index in [4.69, 9.17) is 11.6 Å². The highest BCUT2D eigenvalue weighted by molar-refractivity contribution is 7.90. The summed E-state index contributed by atoms with van der Waals surface area (Å²) in [6.45, 7) is 1.40. The van der Waals surface area contributed by atoms with E-state index in [1.54, 1.807) is 6.07 Å². The van der Waals surface area contributed by atoms with Crippen LogP contribution in [0.5, 0.6) is 0 Å². The van der Waals surface area contributed by atoms with E-state index in [9.17, 15) is 26.4 Å². The molecule has 0 saturated heterocycles. The van der Waals surface area contributed by atoms with Gasteiger partial charge in [0.15, 0.2) is 5.69 Å². The van der Waals surface area contributed by atoms with Crippen molar-refractivity contribution in [2.24, 2.45) is 0 Å². The molecular weight excluding hydrogens is 433 g/mol. The van der Waals surface area contributed by atoms with E-state index in [-0.39, 0.29) is 27.0 Å². The van der Waals surface area contributed by atoms with E-state index in [1.807, 2.05) is 4.72 Å². The molecule has 7 nitrogen and oxygen atoms in total. The molecule has 1 heterocycles. The largest absolute Gasteiger partial charge is 0.416 e. The quantitative estimate of drug-likeness (QED) is 0.666. The van der Waals surface area contributed by atoms with Crippen molar-refractivity contribution in [3.05, 3.63) is 70.5 Å². The normalized spacial score (nSPS) is 12.0. The van der Waals surface area contributed by atoms with E-state index >= 15 is 0 Å². The van der Waals surface area contributed by atoms with Crippen LogP contribution in [0, 0.1) is 6.92 Å². The van der Waals surface area contributed by atoms with Gasteiger partial charge in [-0.2, -0.15) is 13.2 Å². The van der Waals surface area contributed by atoms with Crippen LogP contribution in [-0.4, -0.2) is 29.3 Å². The number of hydrogen-bond donors (Lipinski definition) is 1. The summed E-state index contributed by atoms with van der Waals surface area (Å²) in [4.78, 5) is 12.3. The summed E-state index contributed by atoms with van der Waals surface area (Å²) in [6, 6.07) is 9.82. The average molecular weight is 445 g/mol. The van der Waals surface area contributed by atoms with Gasteiger partial charge in [0.2, 0.25) is 0 Å². The second-order valence-electron chi connectivity index (χ2n) is 5.85. The Labute approximate surface area is 168 Å². The molecule has 0 unspecified atom stereocenters. The molecule has 0 spiro atoms. The van der Waals surface area contributed by atoms with Crippen LogP contribution in [-0.2, 0) is 16.2 Å². The van der Waals surface area contributed by atoms with E-state index < -0.39 is 27.7 Å². The average Bonchev–Trinajstić information content (AvgIpc) is 3.02. The highest BCUT2D eigenvalue weighted by atomic mass is 35.5. The van der Waals surface area contributed by atoms with Crippen molar-refractivity contribution in [3.8, 4) is 5.69 Å². The monoisotopic (exact) mass is 444 g/mol. The van der Waals surface area contributed by atoms with Crippen LogP contribution in [0.2, 0.25) is 5.02 Å². The van der Waals surface area contributed by atoms with Gasteiger partial charge in [-0.25, -0.2) is 17.8 Å². The molecule has 29 heavy (non-hydrogen) atoms. The third-order valence-corrected chi connectivity index (χ3v) is 5.54. The van der Waals surface area contributed by atoms with Crippen molar-refractivity contribution in [2.75, 3.05) is 0 Å². The minimum atomic E-state index is -4.57. The van der Waals surface area contributed by atoms with Gasteiger partial charge < -0.3 is 0 Å². The summed E-state index contributed by atoms with van der Waals surface area (Å²) in [5.41, 5.74) is -1.13. The number of nitrogens with zero attached hydrogens (tertiary/aromatic N) is 3. The van der Waals surface area contributed by atoms with Gasteiger partial charge >= 0.3 is 6.18 Å². The molecule has 0 aliphatic carbocycles. The number of sulfonamides is 1. The topological polar surface area (TPSA) is 93.9 Å². The Morgan fingerprint density at radius 2 is 1.79 bits per heavy atom. The predicted octanol–water partition coefficient (Wildman–Crippen LogP) is 3.37. The number of carbonyl (C=O) groups excluding carboxylic acids is 1. The highest BCUT2D eigenvalue weighted by Crippen LogP contribution is 2.33. The number of nitrogens with one attached hydrogen (secondary N) is 1. The summed E-state index contributed by atoms with van der Waals surface area (Å²) >= 11 is 5.93. The van der Waals surface area contributed by atoms with Crippen LogP contribution in [0.4, 0.5) is 13.2 Å². The van der Waals surface area contributed by atoms with E-state index in [0.29, 0.717) is 0 Å². The van der Waals surface area contributed by atoms with E-state index in [0.717, 1.165) is 22.9 Å². The van der Waals surface area contributed by atoms with Gasteiger partial charge in [-0.3, -0.25) is 4.79 Å². The molecule has 1 N–H and O–H groups in total. The van der Waals surface area contributed by atoms with Crippen molar-refractivity contribution in [3.63, 3.8) is 0 Å². The van der Waals surface area contributed by atoms with Crippen LogP contribution in [0.3, 0.4) is 0 Å². The third kappa shape index (κ3) is 4.25. The second-order valence-corrected chi connectivity index (χ2v) is 7.94. The lowest BCUT2D eigenvalue weighted by molar-refractivity contribution is -0.137. The Morgan fingerprint density at radius 1 is 1.14 bits per heavy atom. The number of halogens is 4. The van der Waals surface area contributed by atoms with Gasteiger partial charge in [-0.15, -0.1) is 5.10 Å². The number of carbonyl (C=O) groups is 1. The Kier molecular flexibility index (Phi) is 5.37. The number of benzene rings is 2. The first-order chi connectivity index (χ1) is 13.5. The van der Waals surface area contributed by atoms with E-state index in [2.05, 4.69) is 10.3 Å². The number of hydrogen-bond acceptors (Lipinski definition) is 5. The molecule has 1 aromatic heterocycles. The van der Waals surface area contributed by atoms with Gasteiger partial charge in [-0.1, -0.05) is 35.0 Å². The van der Waals surface area contributed by atoms with Crippen molar-refractivity contribution in [2.45, 2.75) is 18.0 Å². The Hall–Kier alpha value is -2.92. The molecule has 1 amide bonds. The number of aromatic nitrogens is 3. The Morgan fingerprint density at radius 3 is 2.38 bits per heavy atom. The zero-order valence-corrected chi connectivity index (χ0v) is 16.2. The molecule has 3 rings (SSSR count). The molecule has 3 aromatic rings. The number of rotatable bonds is 4. The maximum Gasteiger partial charge on any atom is 0.416 e. The van der Waals surface area contributed by atoms with Gasteiger partial charge in [0.25, 0.3) is 15.9 Å². The first kappa shape index (κ1) is 20.8. The molecule has 12 heteroatoms. The zero-order valence-electron chi connectivity index (χ0n) is 14.6. The van der Waals surface area contributed by atoms with Crippen LogP contribution in [0.25, 0.3) is 5.69 Å². The lowest BCUT2D eigenvalue weighted by Crippen LogP contribution is -2.31. The fourth-order valence-electron chi connectivity index (χ4n) is 2.45. The van der Waals surface area contributed by atoms with Gasteiger partial charge in [0.1, 0.15) is 0 Å². The summed E-state index contributed by atoms with van der Waals surface area (Å²) in [5, 5.41) is 7.08. The van der Waals surface area contributed by atoms with Crippen LogP contribution >= 0.6 is 11.6 Å². The minimum Gasteiger partial charge on any atom is -0.266 e. The summed E-state index contributed by atoms with van der Waals surface area (Å²) < 4.78 is 65.8. The maximum absolute atomic E-state index is 12.8. The molecule has 152 valence electrons. The Balaban J connectivity index is 1.91. The maximum atomic E-state index is 12.8. The van der Waals surface area contributed by atoms with Gasteiger partial charge in [0, 0.05) is 0 Å². The summed E-state index contributed by atoms with van der Waals surface area (Å²) in [6.07, 6.45) is -4.57. The predicted molar refractivity (Wildman–Crippen MR) is 97.2 cm³/mol. The third-order valence-electron chi connectivity index (χ3n) is 3.89. The lowest BCUT2D eigenvalue weighted by Gasteiger charge is -2.10. The van der Waals surface area contributed by atoms with Crippen molar-refractivity contribution < 1.29 is 26.4 Å². The molecule has 0 saturated carbocycles. The second kappa shape index (κ2) is 7.48. The van der Waals surface area contributed by atoms with Gasteiger partial charge in [0.05, 0.1) is 26.9 Å². The first-order valence-corrected chi connectivity index (χ1v) is 9.78. The number of amides is 1. The van der Waals surface area contributed by atoms with Gasteiger partial charge in [-0.05, 0) is 37.3 Å². The lowest BCUT2D eigenvalue weighted by atomic mass is 10.2. The first-order valence-electron chi connectivity index (χ1n) is 7.92. The fraction of sp³-hybridized carbons (Fsp3) is 0.118. The van der Waals surface area contributed by atoms with Crippen LogP contribution in [0.15, 0.2) is 53.4 Å². The van der Waals surface area contributed by atoms with Crippen molar-refractivity contribution in [1.82, 2.24) is 19.7 Å². The van der Waals surface area contributed by atoms with Crippen molar-refractivity contribution in [1.29, 1.82) is 0 Å². The number of alkyl halides is 3. The molecule has 0 aliphatic heterocycles. The molecule has 0 radical (unpaired) electrons. The van der Waals surface area contributed by atoms with Crippen LogP contribution in [0.1, 0.15) is 21.7 Å². The summed E-state index contributed by atoms with van der Waals surface area (Å²) in [7, 11) is -4.14. The molecule has 0 bridgehead atoms. The molecule has 0 aliphatic rings. The van der Waals surface area contributed by atoms with Crippen molar-refractivity contribution >= 4 is 27.5 Å². The zero-order chi connectivity index (χ0) is 21.4. The molecule has 0 atom stereocenters. The van der Waals surface area contributed by atoms with Crippen LogP contribution < -0.4 is 4.72 Å².